The smallest absolute Gasteiger partial charge is 0.269 e. The van der Waals surface area contributed by atoms with Crippen LogP contribution in [0.3, 0.4) is 0 Å². The first-order chi connectivity index (χ1) is 10.6. The van der Waals surface area contributed by atoms with Crippen molar-refractivity contribution in [2.45, 2.75) is 19.4 Å². The maximum Gasteiger partial charge on any atom is 0.269 e. The average molecular weight is 317 g/mol. The van der Waals surface area contributed by atoms with E-state index in [1.54, 1.807) is 23.1 Å². The molecule has 0 saturated heterocycles. The number of amides is 1. The van der Waals surface area contributed by atoms with Crippen molar-refractivity contribution in [3.05, 3.63) is 68.7 Å². The number of carbonyl (C=O) groups excluding carboxylic acids is 1. The number of nitrogens with zero attached hydrogens (tertiary/aromatic N) is 2. The predicted molar refractivity (Wildman–Crippen MR) is 84.1 cm³/mol. The summed E-state index contributed by atoms with van der Waals surface area (Å²) in [5, 5.41) is 11.5. The molecule has 0 bridgehead atoms. The van der Waals surface area contributed by atoms with Gasteiger partial charge in [0.15, 0.2) is 0 Å². The lowest BCUT2D eigenvalue weighted by atomic mass is 9.99. The number of benzene rings is 2. The number of carbonyl (C=O) groups is 1. The summed E-state index contributed by atoms with van der Waals surface area (Å²) in [6.07, 6.45) is 0.869. The fraction of sp³-hybridized carbons (Fsp3) is 0.188. The zero-order valence-corrected chi connectivity index (χ0v) is 12.4. The third-order valence-corrected chi connectivity index (χ3v) is 4.13. The predicted octanol–water partition coefficient (Wildman–Crippen LogP) is 3.73. The topological polar surface area (TPSA) is 63.4 Å². The second-order valence-corrected chi connectivity index (χ2v) is 5.55. The average Bonchev–Trinajstić information content (AvgIpc) is 2.51. The lowest BCUT2D eigenvalue weighted by molar-refractivity contribution is -0.384. The lowest BCUT2D eigenvalue weighted by Gasteiger charge is -2.29. The van der Waals surface area contributed by atoms with Gasteiger partial charge in [-0.05, 0) is 29.7 Å². The maximum absolute atomic E-state index is 12.2. The number of anilines is 1. The molecule has 1 aliphatic rings. The van der Waals surface area contributed by atoms with E-state index in [0.29, 0.717) is 24.4 Å². The van der Waals surface area contributed by atoms with Crippen molar-refractivity contribution in [3.8, 4) is 0 Å². The Labute approximate surface area is 132 Å². The molecule has 0 saturated carbocycles. The number of aryl methyl sites for hydroxylation is 1. The van der Waals surface area contributed by atoms with Gasteiger partial charge in [0.25, 0.3) is 5.69 Å². The van der Waals surface area contributed by atoms with E-state index < -0.39 is 4.92 Å². The van der Waals surface area contributed by atoms with Gasteiger partial charge in [-0.3, -0.25) is 14.9 Å². The van der Waals surface area contributed by atoms with Crippen molar-refractivity contribution in [3.63, 3.8) is 0 Å². The van der Waals surface area contributed by atoms with Crippen LogP contribution < -0.4 is 4.90 Å². The highest BCUT2D eigenvalue weighted by atomic mass is 35.5. The first kappa shape index (κ1) is 14.5. The molecule has 6 heteroatoms. The second-order valence-electron chi connectivity index (χ2n) is 5.14. The third-order valence-electron chi connectivity index (χ3n) is 3.76. The van der Waals surface area contributed by atoms with Gasteiger partial charge in [-0.1, -0.05) is 29.8 Å². The van der Waals surface area contributed by atoms with Gasteiger partial charge in [-0.15, -0.1) is 0 Å². The van der Waals surface area contributed by atoms with Crippen LogP contribution in [0.2, 0.25) is 5.02 Å². The van der Waals surface area contributed by atoms with E-state index >= 15 is 0 Å². The molecule has 22 heavy (non-hydrogen) atoms. The first-order valence-electron chi connectivity index (χ1n) is 6.87. The highest BCUT2D eigenvalue weighted by Crippen LogP contribution is 2.32. The highest BCUT2D eigenvalue weighted by molar-refractivity contribution is 6.31. The molecule has 2 aromatic carbocycles. The molecule has 3 rings (SSSR count). The minimum atomic E-state index is -0.422. The molecule has 0 spiro atoms. The van der Waals surface area contributed by atoms with Crippen molar-refractivity contribution in [1.82, 2.24) is 0 Å². The van der Waals surface area contributed by atoms with E-state index in [0.717, 1.165) is 16.8 Å². The molecule has 112 valence electrons. The van der Waals surface area contributed by atoms with Gasteiger partial charge in [0.1, 0.15) is 0 Å². The number of hydrogen-bond acceptors (Lipinski definition) is 3. The molecule has 1 amide bonds. The Morgan fingerprint density at radius 3 is 2.68 bits per heavy atom. The van der Waals surface area contributed by atoms with Crippen LogP contribution in [0.5, 0.6) is 0 Å². The molecule has 2 aromatic rings. The Morgan fingerprint density at radius 1 is 1.18 bits per heavy atom. The standard InChI is InChI=1S/C16H13ClN2O3/c17-14-4-2-1-3-12(14)10-18-15-7-6-13(19(21)22)9-11(15)5-8-16(18)20/h1-4,6-7,9H,5,8,10H2. The summed E-state index contributed by atoms with van der Waals surface area (Å²) >= 11 is 6.16. The summed E-state index contributed by atoms with van der Waals surface area (Å²) in [5.41, 5.74) is 2.44. The summed E-state index contributed by atoms with van der Waals surface area (Å²) in [7, 11) is 0. The SMILES string of the molecule is O=C1CCc2cc([N+](=O)[O-])ccc2N1Cc1ccccc1Cl. The number of non-ortho nitro benzene ring substituents is 1. The van der Waals surface area contributed by atoms with Gasteiger partial charge in [0, 0.05) is 29.3 Å². The summed E-state index contributed by atoms with van der Waals surface area (Å²) < 4.78 is 0. The number of halogens is 1. The Hall–Kier alpha value is -2.40. The summed E-state index contributed by atoms with van der Waals surface area (Å²) in [4.78, 5) is 24.3. The van der Waals surface area contributed by atoms with E-state index in [4.69, 9.17) is 11.6 Å². The zero-order valence-electron chi connectivity index (χ0n) is 11.7. The van der Waals surface area contributed by atoms with Crippen LogP contribution in [-0.4, -0.2) is 10.8 Å². The van der Waals surface area contributed by atoms with E-state index in [1.165, 1.54) is 6.07 Å². The van der Waals surface area contributed by atoms with Gasteiger partial charge < -0.3 is 4.90 Å². The lowest BCUT2D eigenvalue weighted by Crippen LogP contribution is -2.34. The van der Waals surface area contributed by atoms with Crippen molar-refractivity contribution < 1.29 is 9.72 Å². The van der Waals surface area contributed by atoms with E-state index in [-0.39, 0.29) is 11.6 Å². The minimum Gasteiger partial charge on any atom is -0.308 e. The summed E-state index contributed by atoms with van der Waals surface area (Å²) in [6, 6.07) is 12.0. The number of hydrogen-bond donors (Lipinski definition) is 0. The molecule has 0 atom stereocenters. The van der Waals surface area contributed by atoms with E-state index in [2.05, 4.69) is 0 Å². The van der Waals surface area contributed by atoms with Crippen LogP contribution >= 0.6 is 11.6 Å². The molecule has 0 aromatic heterocycles. The van der Waals surface area contributed by atoms with Gasteiger partial charge in [-0.25, -0.2) is 0 Å². The molecule has 0 N–H and O–H groups in total. The molecule has 0 fully saturated rings. The molecule has 5 nitrogen and oxygen atoms in total. The Kier molecular flexibility index (Phi) is 3.81. The Balaban J connectivity index is 1.97. The van der Waals surface area contributed by atoms with Crippen molar-refractivity contribution in [2.24, 2.45) is 0 Å². The quantitative estimate of drug-likeness (QED) is 0.640. The molecule has 1 aliphatic heterocycles. The summed E-state index contributed by atoms with van der Waals surface area (Å²) in [6.45, 7) is 0.364. The van der Waals surface area contributed by atoms with Crippen LogP contribution in [0.4, 0.5) is 11.4 Å². The fourth-order valence-electron chi connectivity index (χ4n) is 2.63. The number of nitro groups is 1. The largest absolute Gasteiger partial charge is 0.308 e. The molecule has 0 radical (unpaired) electrons. The number of fused-ring (bicyclic) bond motifs is 1. The monoisotopic (exact) mass is 316 g/mol. The maximum atomic E-state index is 12.2. The highest BCUT2D eigenvalue weighted by Gasteiger charge is 2.26. The molecule has 0 aliphatic carbocycles. The molecule has 0 unspecified atom stereocenters. The number of nitro benzene ring substituents is 1. The Morgan fingerprint density at radius 2 is 1.95 bits per heavy atom. The van der Waals surface area contributed by atoms with Crippen molar-refractivity contribution >= 4 is 28.9 Å². The van der Waals surface area contributed by atoms with Gasteiger partial charge >= 0.3 is 0 Å². The van der Waals surface area contributed by atoms with Crippen molar-refractivity contribution in [1.29, 1.82) is 0 Å². The van der Waals surface area contributed by atoms with Gasteiger partial charge in [0.05, 0.1) is 11.5 Å². The second kappa shape index (κ2) is 5.77. The van der Waals surface area contributed by atoms with Gasteiger partial charge in [0.2, 0.25) is 5.91 Å². The van der Waals surface area contributed by atoms with E-state index in [1.807, 2.05) is 18.2 Å². The van der Waals surface area contributed by atoms with E-state index in [9.17, 15) is 14.9 Å². The Bertz CT molecular complexity index is 761. The normalized spacial score (nSPS) is 13.9. The fourth-order valence-corrected chi connectivity index (χ4v) is 2.83. The number of rotatable bonds is 3. The third kappa shape index (κ3) is 2.67. The van der Waals surface area contributed by atoms with Crippen LogP contribution in [-0.2, 0) is 17.8 Å². The van der Waals surface area contributed by atoms with Crippen molar-refractivity contribution in [2.75, 3.05) is 4.90 Å². The van der Waals surface area contributed by atoms with Crippen LogP contribution in [0.25, 0.3) is 0 Å². The molecular weight excluding hydrogens is 304 g/mol. The zero-order chi connectivity index (χ0) is 15.7. The first-order valence-corrected chi connectivity index (χ1v) is 7.25. The van der Waals surface area contributed by atoms with Crippen LogP contribution in [0.1, 0.15) is 17.5 Å². The molecule has 1 heterocycles. The minimum absolute atomic E-state index is 0.00118. The summed E-state index contributed by atoms with van der Waals surface area (Å²) in [5.74, 6) is 0.00118. The van der Waals surface area contributed by atoms with Crippen LogP contribution in [0.15, 0.2) is 42.5 Å². The van der Waals surface area contributed by atoms with Gasteiger partial charge in [-0.2, -0.15) is 0 Å². The van der Waals surface area contributed by atoms with Crippen LogP contribution in [0, 0.1) is 10.1 Å². The molecular formula is C16H13ClN2O3.